The summed E-state index contributed by atoms with van der Waals surface area (Å²) in [6.07, 6.45) is 3.19. The molecule has 0 bridgehead atoms. The van der Waals surface area contributed by atoms with Crippen molar-refractivity contribution in [2.45, 2.75) is 0 Å². The Labute approximate surface area is 168 Å². The number of benzene rings is 1. The second-order valence-corrected chi connectivity index (χ2v) is 5.75. The van der Waals surface area contributed by atoms with Crippen LogP contribution in [0, 0.1) is 0 Å². The van der Waals surface area contributed by atoms with E-state index in [4.69, 9.17) is 14.2 Å². The molecule has 9 heteroatoms. The maximum absolute atomic E-state index is 5.37. The summed E-state index contributed by atoms with van der Waals surface area (Å²) in [5.41, 5.74) is 1.29. The van der Waals surface area contributed by atoms with Crippen LogP contribution in [0.15, 0.2) is 49.3 Å². The first kappa shape index (κ1) is 19.9. The fraction of sp³-hybridized carbons (Fsp3) is 0.200. The molecule has 0 spiro atoms. The largest absolute Gasteiger partial charge is 0.493 e. The van der Waals surface area contributed by atoms with Crippen molar-refractivity contribution in [1.29, 1.82) is 0 Å². The SMILES string of the molecule is C=CCNc1cccc(-c2ncnc(Nc3cc(OC)c(OC)c(OC)c3)n2)n1. The lowest BCUT2D eigenvalue weighted by Gasteiger charge is -2.14. The van der Waals surface area contributed by atoms with Gasteiger partial charge in [-0.3, -0.25) is 0 Å². The van der Waals surface area contributed by atoms with E-state index in [1.807, 2.05) is 18.2 Å². The summed E-state index contributed by atoms with van der Waals surface area (Å²) < 4.78 is 16.1. The Bertz CT molecular complexity index is 970. The molecule has 150 valence electrons. The van der Waals surface area contributed by atoms with Crippen molar-refractivity contribution in [3.8, 4) is 28.8 Å². The zero-order chi connectivity index (χ0) is 20.6. The Morgan fingerprint density at radius 2 is 1.76 bits per heavy atom. The van der Waals surface area contributed by atoms with Crippen molar-refractivity contribution < 1.29 is 14.2 Å². The summed E-state index contributed by atoms with van der Waals surface area (Å²) in [6.45, 7) is 4.30. The Balaban J connectivity index is 1.88. The normalized spacial score (nSPS) is 10.2. The first-order chi connectivity index (χ1) is 14.2. The number of anilines is 3. The summed E-state index contributed by atoms with van der Waals surface area (Å²) in [5, 5.41) is 6.27. The minimum atomic E-state index is 0.357. The zero-order valence-electron chi connectivity index (χ0n) is 16.5. The second kappa shape index (κ2) is 9.36. The molecule has 0 unspecified atom stereocenters. The van der Waals surface area contributed by atoms with E-state index in [2.05, 4.69) is 37.1 Å². The van der Waals surface area contributed by atoms with Gasteiger partial charge in [0.15, 0.2) is 17.3 Å². The minimum Gasteiger partial charge on any atom is -0.493 e. The van der Waals surface area contributed by atoms with Gasteiger partial charge in [0.05, 0.1) is 21.3 Å². The van der Waals surface area contributed by atoms with E-state index in [9.17, 15) is 0 Å². The molecule has 1 aromatic carbocycles. The van der Waals surface area contributed by atoms with E-state index in [1.54, 1.807) is 39.5 Å². The fourth-order valence-corrected chi connectivity index (χ4v) is 2.60. The molecular weight excluding hydrogens is 372 g/mol. The lowest BCUT2D eigenvalue weighted by atomic mass is 10.2. The molecular formula is C20H22N6O3. The number of rotatable bonds is 9. The first-order valence-electron chi connectivity index (χ1n) is 8.76. The van der Waals surface area contributed by atoms with Crippen LogP contribution in [-0.4, -0.2) is 47.8 Å². The standard InChI is InChI=1S/C20H22N6O3/c1-5-9-21-17-8-6-7-14(25-17)19-22-12-23-20(26-19)24-13-10-15(27-2)18(29-4)16(11-13)28-3/h5-8,10-12H,1,9H2,2-4H3,(H,21,25)(H,22,23,24,26). The van der Waals surface area contributed by atoms with Gasteiger partial charge in [0.25, 0.3) is 0 Å². The van der Waals surface area contributed by atoms with Gasteiger partial charge in [0, 0.05) is 24.4 Å². The Morgan fingerprint density at radius 3 is 2.41 bits per heavy atom. The molecule has 0 fully saturated rings. The smallest absolute Gasteiger partial charge is 0.230 e. The number of methoxy groups -OCH3 is 3. The van der Waals surface area contributed by atoms with E-state index in [0.717, 1.165) is 0 Å². The van der Waals surface area contributed by atoms with Gasteiger partial charge in [-0.15, -0.1) is 6.58 Å². The summed E-state index contributed by atoms with van der Waals surface area (Å²) in [4.78, 5) is 17.4. The number of nitrogens with zero attached hydrogens (tertiary/aromatic N) is 4. The van der Waals surface area contributed by atoms with Gasteiger partial charge in [0.1, 0.15) is 17.8 Å². The monoisotopic (exact) mass is 394 g/mol. The van der Waals surface area contributed by atoms with Crippen LogP contribution >= 0.6 is 0 Å². The van der Waals surface area contributed by atoms with Crippen LogP contribution in [0.1, 0.15) is 0 Å². The highest BCUT2D eigenvalue weighted by Crippen LogP contribution is 2.40. The molecule has 0 amide bonds. The lowest BCUT2D eigenvalue weighted by Crippen LogP contribution is -2.04. The average Bonchev–Trinajstić information content (AvgIpc) is 2.77. The minimum absolute atomic E-state index is 0.357. The van der Waals surface area contributed by atoms with Crippen molar-refractivity contribution in [3.05, 3.63) is 49.3 Å². The third-order valence-corrected chi connectivity index (χ3v) is 3.90. The molecule has 2 heterocycles. The predicted molar refractivity (Wildman–Crippen MR) is 111 cm³/mol. The molecule has 3 rings (SSSR count). The van der Waals surface area contributed by atoms with E-state index >= 15 is 0 Å². The van der Waals surface area contributed by atoms with Crippen molar-refractivity contribution in [1.82, 2.24) is 19.9 Å². The highest BCUT2D eigenvalue weighted by Gasteiger charge is 2.14. The van der Waals surface area contributed by atoms with Crippen molar-refractivity contribution in [3.63, 3.8) is 0 Å². The molecule has 2 N–H and O–H groups in total. The molecule has 0 atom stereocenters. The number of hydrogen-bond donors (Lipinski definition) is 2. The van der Waals surface area contributed by atoms with Crippen LogP contribution < -0.4 is 24.8 Å². The number of hydrogen-bond acceptors (Lipinski definition) is 9. The summed E-state index contributed by atoms with van der Waals surface area (Å²) in [5.74, 6) is 3.05. The Hall–Kier alpha value is -3.88. The average molecular weight is 394 g/mol. The molecule has 2 aromatic heterocycles. The molecule has 3 aromatic rings. The topological polar surface area (TPSA) is 103 Å². The molecule has 0 radical (unpaired) electrons. The maximum Gasteiger partial charge on any atom is 0.230 e. The van der Waals surface area contributed by atoms with Crippen molar-refractivity contribution in [2.24, 2.45) is 0 Å². The molecule has 0 saturated carbocycles. The van der Waals surface area contributed by atoms with Gasteiger partial charge < -0.3 is 24.8 Å². The van der Waals surface area contributed by atoms with Crippen molar-refractivity contribution >= 4 is 17.5 Å². The van der Waals surface area contributed by atoms with Crippen LogP contribution in [0.3, 0.4) is 0 Å². The quantitative estimate of drug-likeness (QED) is 0.529. The molecule has 0 aliphatic heterocycles. The Kier molecular flexibility index (Phi) is 6.41. The molecule has 0 aliphatic carbocycles. The molecule has 0 saturated heterocycles. The number of pyridine rings is 1. The summed E-state index contributed by atoms with van der Waals surface area (Å²) in [6, 6.07) is 9.11. The predicted octanol–water partition coefficient (Wildman–Crippen LogP) is 3.30. The highest BCUT2D eigenvalue weighted by atomic mass is 16.5. The van der Waals surface area contributed by atoms with Gasteiger partial charge >= 0.3 is 0 Å². The lowest BCUT2D eigenvalue weighted by molar-refractivity contribution is 0.324. The van der Waals surface area contributed by atoms with Crippen LogP contribution in [0.25, 0.3) is 11.5 Å². The summed E-state index contributed by atoms with van der Waals surface area (Å²) >= 11 is 0. The van der Waals surface area contributed by atoms with Crippen LogP contribution in [0.5, 0.6) is 17.2 Å². The number of aromatic nitrogens is 4. The zero-order valence-corrected chi connectivity index (χ0v) is 16.5. The van der Waals surface area contributed by atoms with E-state index < -0.39 is 0 Å². The number of ether oxygens (including phenoxy) is 3. The molecule has 0 aliphatic rings. The van der Waals surface area contributed by atoms with Crippen LogP contribution in [-0.2, 0) is 0 Å². The number of nitrogens with one attached hydrogen (secondary N) is 2. The molecule has 9 nitrogen and oxygen atoms in total. The Morgan fingerprint density at radius 1 is 1.00 bits per heavy atom. The third kappa shape index (κ3) is 4.70. The molecule has 29 heavy (non-hydrogen) atoms. The van der Waals surface area contributed by atoms with E-state index in [-0.39, 0.29) is 0 Å². The van der Waals surface area contributed by atoms with Gasteiger partial charge in [0.2, 0.25) is 11.7 Å². The first-order valence-corrected chi connectivity index (χ1v) is 8.76. The van der Waals surface area contributed by atoms with E-state index in [0.29, 0.717) is 52.8 Å². The fourth-order valence-electron chi connectivity index (χ4n) is 2.60. The highest BCUT2D eigenvalue weighted by molar-refractivity contribution is 5.66. The van der Waals surface area contributed by atoms with Gasteiger partial charge in [-0.25, -0.2) is 15.0 Å². The van der Waals surface area contributed by atoms with Crippen LogP contribution in [0.4, 0.5) is 17.5 Å². The third-order valence-electron chi connectivity index (χ3n) is 3.90. The summed E-state index contributed by atoms with van der Waals surface area (Å²) in [7, 11) is 4.67. The van der Waals surface area contributed by atoms with Crippen molar-refractivity contribution in [2.75, 3.05) is 38.5 Å². The van der Waals surface area contributed by atoms with E-state index in [1.165, 1.54) is 6.33 Å². The van der Waals surface area contributed by atoms with Gasteiger partial charge in [-0.05, 0) is 12.1 Å². The van der Waals surface area contributed by atoms with Gasteiger partial charge in [-0.1, -0.05) is 12.1 Å². The van der Waals surface area contributed by atoms with Crippen LogP contribution in [0.2, 0.25) is 0 Å². The van der Waals surface area contributed by atoms with Gasteiger partial charge in [-0.2, -0.15) is 4.98 Å². The second-order valence-electron chi connectivity index (χ2n) is 5.75. The maximum atomic E-state index is 5.37.